The van der Waals surface area contributed by atoms with Gasteiger partial charge in [0.2, 0.25) is 0 Å². The van der Waals surface area contributed by atoms with Crippen LogP contribution in [0.4, 0.5) is 9.59 Å². The molecule has 0 radical (unpaired) electrons. The quantitative estimate of drug-likeness (QED) is 0.248. The second-order valence-corrected chi connectivity index (χ2v) is 13.3. The van der Waals surface area contributed by atoms with Gasteiger partial charge in [0.25, 0.3) is 0 Å². The Hall–Kier alpha value is -4.05. The molecule has 0 fully saturated rings. The molecule has 0 atom stereocenters. The Bertz CT molecular complexity index is 1420. The van der Waals surface area contributed by atoms with Crippen molar-refractivity contribution in [1.82, 2.24) is 20.9 Å². The van der Waals surface area contributed by atoms with E-state index < -0.39 is 29.7 Å². The molecule has 0 spiro atoms. The number of rotatable bonds is 8. The second kappa shape index (κ2) is 13.1. The molecule has 3 rings (SSSR count). The number of carbonyl (C=O) groups is 2. The predicted molar refractivity (Wildman–Crippen MR) is 168 cm³/mol. The number of aromatic nitrogens is 1. The van der Waals surface area contributed by atoms with Gasteiger partial charge in [-0.2, -0.15) is 0 Å². The van der Waals surface area contributed by atoms with E-state index >= 15 is 0 Å². The SMILES string of the molecule is COc1cc2cc(-c3cccc(C(C)(C)C)c3)nc(CNC(NC(=O)OC(C)(C)C)NC(=O)OC(C)(C)C)c2cc1OC. The van der Waals surface area contributed by atoms with Crippen molar-refractivity contribution in [3.63, 3.8) is 0 Å². The Morgan fingerprint density at radius 1 is 0.791 bits per heavy atom. The number of fused-ring (bicyclic) bond motifs is 1. The van der Waals surface area contributed by atoms with E-state index in [2.05, 4.69) is 48.9 Å². The number of carbonyl (C=O) groups excluding carboxylic acids is 2. The fourth-order valence-corrected chi connectivity index (χ4v) is 4.26. The van der Waals surface area contributed by atoms with Crippen molar-refractivity contribution >= 4 is 23.0 Å². The van der Waals surface area contributed by atoms with Gasteiger partial charge in [0.1, 0.15) is 11.2 Å². The predicted octanol–water partition coefficient (Wildman–Crippen LogP) is 6.64. The summed E-state index contributed by atoms with van der Waals surface area (Å²) in [6.45, 7) is 17.2. The topological polar surface area (TPSA) is 120 Å². The van der Waals surface area contributed by atoms with E-state index in [1.807, 2.05) is 30.3 Å². The minimum Gasteiger partial charge on any atom is -0.493 e. The molecule has 0 aliphatic rings. The maximum Gasteiger partial charge on any atom is 0.410 e. The number of pyridine rings is 1. The van der Waals surface area contributed by atoms with Crippen LogP contribution in [0.25, 0.3) is 22.0 Å². The highest BCUT2D eigenvalue weighted by atomic mass is 16.6. The molecule has 0 aliphatic heterocycles. The van der Waals surface area contributed by atoms with E-state index in [1.54, 1.807) is 55.8 Å². The van der Waals surface area contributed by atoms with E-state index in [0.29, 0.717) is 17.2 Å². The van der Waals surface area contributed by atoms with Crippen LogP contribution in [0.1, 0.15) is 73.6 Å². The first kappa shape index (κ1) is 33.5. The van der Waals surface area contributed by atoms with Gasteiger partial charge in [0.05, 0.1) is 25.6 Å². The third kappa shape index (κ3) is 9.74. The molecule has 0 aliphatic carbocycles. The van der Waals surface area contributed by atoms with Crippen LogP contribution in [0.2, 0.25) is 0 Å². The number of amides is 2. The molecule has 0 unspecified atom stereocenters. The average Bonchev–Trinajstić information content (AvgIpc) is 2.87. The normalized spacial score (nSPS) is 12.2. The average molecular weight is 595 g/mol. The number of nitrogens with one attached hydrogen (secondary N) is 3. The lowest BCUT2D eigenvalue weighted by Crippen LogP contribution is -2.57. The zero-order valence-electron chi connectivity index (χ0n) is 27.2. The van der Waals surface area contributed by atoms with Crippen molar-refractivity contribution in [3.8, 4) is 22.8 Å². The van der Waals surface area contributed by atoms with Crippen molar-refractivity contribution in [2.45, 2.75) is 91.8 Å². The molecule has 0 saturated carbocycles. The molecular weight excluding hydrogens is 548 g/mol. The largest absolute Gasteiger partial charge is 0.493 e. The molecule has 0 bridgehead atoms. The summed E-state index contributed by atoms with van der Waals surface area (Å²) in [5.74, 6) is 1.14. The van der Waals surface area contributed by atoms with E-state index in [1.165, 1.54) is 5.56 Å². The first-order valence-corrected chi connectivity index (χ1v) is 14.3. The summed E-state index contributed by atoms with van der Waals surface area (Å²) < 4.78 is 22.0. The van der Waals surface area contributed by atoms with Crippen LogP contribution in [0, 0.1) is 0 Å². The summed E-state index contributed by atoms with van der Waals surface area (Å²) in [7, 11) is 3.17. The smallest absolute Gasteiger partial charge is 0.410 e. The summed E-state index contributed by atoms with van der Waals surface area (Å²) >= 11 is 0. The van der Waals surface area contributed by atoms with Crippen LogP contribution in [0.5, 0.6) is 11.5 Å². The van der Waals surface area contributed by atoms with Crippen molar-refractivity contribution in [3.05, 3.63) is 53.7 Å². The van der Waals surface area contributed by atoms with Crippen LogP contribution < -0.4 is 25.4 Å². The highest BCUT2D eigenvalue weighted by molar-refractivity contribution is 5.91. The van der Waals surface area contributed by atoms with Crippen LogP contribution in [0.3, 0.4) is 0 Å². The highest BCUT2D eigenvalue weighted by Gasteiger charge is 2.24. The fourth-order valence-electron chi connectivity index (χ4n) is 4.26. The van der Waals surface area contributed by atoms with Gasteiger partial charge in [-0.05, 0) is 82.2 Å². The molecule has 3 N–H and O–H groups in total. The van der Waals surface area contributed by atoms with Crippen molar-refractivity contribution in [2.75, 3.05) is 14.2 Å². The van der Waals surface area contributed by atoms with Crippen molar-refractivity contribution in [1.29, 1.82) is 0 Å². The van der Waals surface area contributed by atoms with Crippen LogP contribution in [-0.4, -0.2) is 48.9 Å². The Balaban J connectivity index is 2.05. The van der Waals surface area contributed by atoms with Crippen molar-refractivity contribution in [2.24, 2.45) is 0 Å². The minimum atomic E-state index is -1.03. The molecule has 234 valence electrons. The van der Waals surface area contributed by atoms with Gasteiger partial charge < -0.3 is 18.9 Å². The molecule has 43 heavy (non-hydrogen) atoms. The van der Waals surface area contributed by atoms with Gasteiger partial charge in [0, 0.05) is 17.5 Å². The standard InChI is InChI=1S/C33H46N4O6/c1-31(2,3)22-14-12-13-20(15-22)24-16-21-17-26(40-10)27(41-11)18-23(21)25(35-24)19-34-28(36-29(38)42-32(4,5)6)37-30(39)43-33(7,8)9/h12-18,28,34H,19H2,1-11H3,(H,36,38)(H,37,39). The number of nitrogens with zero attached hydrogens (tertiary/aromatic N) is 1. The molecule has 2 amide bonds. The number of alkyl carbamates (subject to hydrolysis) is 2. The molecular formula is C33H46N4O6. The maximum atomic E-state index is 12.7. The summed E-state index contributed by atoms with van der Waals surface area (Å²) in [5.41, 5.74) is 2.06. The third-order valence-corrected chi connectivity index (χ3v) is 6.23. The highest BCUT2D eigenvalue weighted by Crippen LogP contribution is 2.36. The molecule has 1 heterocycles. The zero-order chi connectivity index (χ0) is 32.2. The van der Waals surface area contributed by atoms with Gasteiger partial charge in [0.15, 0.2) is 17.8 Å². The first-order chi connectivity index (χ1) is 19.9. The number of ether oxygens (including phenoxy) is 4. The zero-order valence-corrected chi connectivity index (χ0v) is 27.2. The van der Waals surface area contributed by atoms with Gasteiger partial charge in [-0.25, -0.2) is 9.59 Å². The number of hydrogen-bond acceptors (Lipinski definition) is 8. The summed E-state index contributed by atoms with van der Waals surface area (Å²) in [6, 6.07) is 14.1. The van der Waals surface area contributed by atoms with Crippen LogP contribution >= 0.6 is 0 Å². The Labute approximate surface area is 254 Å². The van der Waals surface area contributed by atoms with Gasteiger partial charge in [-0.3, -0.25) is 20.9 Å². The number of benzene rings is 2. The lowest BCUT2D eigenvalue weighted by molar-refractivity contribution is 0.0405. The maximum absolute atomic E-state index is 12.7. The molecule has 3 aromatic rings. The van der Waals surface area contributed by atoms with Gasteiger partial charge in [-0.15, -0.1) is 0 Å². The number of methoxy groups -OCH3 is 2. The molecule has 1 aromatic heterocycles. The number of hydrogen-bond donors (Lipinski definition) is 3. The second-order valence-electron chi connectivity index (χ2n) is 13.3. The summed E-state index contributed by atoms with van der Waals surface area (Å²) in [5, 5.41) is 10.2. The van der Waals surface area contributed by atoms with Crippen molar-refractivity contribution < 1.29 is 28.5 Å². The summed E-state index contributed by atoms with van der Waals surface area (Å²) in [4.78, 5) is 30.3. The fraction of sp³-hybridized carbons (Fsp3) is 0.485. The molecule has 10 heteroatoms. The van der Waals surface area contributed by atoms with Gasteiger partial charge >= 0.3 is 12.2 Å². The third-order valence-electron chi connectivity index (χ3n) is 6.23. The molecule has 0 saturated heterocycles. The molecule has 10 nitrogen and oxygen atoms in total. The minimum absolute atomic E-state index is 0.0400. The lowest BCUT2D eigenvalue weighted by atomic mass is 9.86. The monoisotopic (exact) mass is 594 g/mol. The summed E-state index contributed by atoms with van der Waals surface area (Å²) in [6.07, 6.45) is -2.45. The Morgan fingerprint density at radius 2 is 1.35 bits per heavy atom. The van der Waals surface area contributed by atoms with E-state index in [4.69, 9.17) is 23.9 Å². The molecule has 2 aromatic carbocycles. The van der Waals surface area contributed by atoms with E-state index in [0.717, 1.165) is 22.0 Å². The van der Waals surface area contributed by atoms with E-state index in [-0.39, 0.29) is 12.0 Å². The van der Waals surface area contributed by atoms with Crippen LogP contribution in [-0.2, 0) is 21.4 Å². The Kier molecular flexibility index (Phi) is 10.2. The lowest BCUT2D eigenvalue weighted by Gasteiger charge is -2.26. The van der Waals surface area contributed by atoms with E-state index in [9.17, 15) is 9.59 Å². The van der Waals surface area contributed by atoms with Gasteiger partial charge in [-0.1, -0.05) is 39.0 Å². The Morgan fingerprint density at radius 3 is 1.86 bits per heavy atom. The van der Waals surface area contributed by atoms with Crippen LogP contribution in [0.15, 0.2) is 42.5 Å². The first-order valence-electron chi connectivity index (χ1n) is 14.3.